The molecule has 0 unspecified atom stereocenters. The standard InChI is InChI=1S/C23H22N2O7S/c1-15-6-4-5-7-21(15)33(28,29)32-20-13-10-17(14-19(20)22(26)31-3)25-23(27)24-16-8-11-18(30-2)12-9-16/h4-14H,1-3H3,(H2,24,25,27). The Morgan fingerprint density at radius 1 is 0.848 bits per heavy atom. The first-order valence-corrected chi connectivity index (χ1v) is 11.1. The van der Waals surface area contributed by atoms with Gasteiger partial charge in [0, 0.05) is 11.4 Å². The van der Waals surface area contributed by atoms with E-state index in [1.54, 1.807) is 49.4 Å². The van der Waals surface area contributed by atoms with Crippen LogP contribution in [0.5, 0.6) is 11.5 Å². The van der Waals surface area contributed by atoms with E-state index in [2.05, 4.69) is 10.6 Å². The minimum absolute atomic E-state index is 0.0260. The summed E-state index contributed by atoms with van der Waals surface area (Å²) in [5, 5.41) is 5.21. The fraction of sp³-hybridized carbons (Fsp3) is 0.130. The van der Waals surface area contributed by atoms with Gasteiger partial charge in [0.05, 0.1) is 14.2 Å². The Morgan fingerprint density at radius 3 is 2.12 bits per heavy atom. The number of benzene rings is 3. The lowest BCUT2D eigenvalue weighted by molar-refractivity contribution is 0.0599. The zero-order valence-corrected chi connectivity index (χ0v) is 18.9. The molecular formula is C23H22N2O7S. The maximum atomic E-state index is 12.7. The average molecular weight is 471 g/mol. The third-order valence-corrected chi connectivity index (χ3v) is 5.95. The van der Waals surface area contributed by atoms with Crippen LogP contribution in [0.1, 0.15) is 15.9 Å². The van der Waals surface area contributed by atoms with Crippen LogP contribution in [0.15, 0.2) is 71.6 Å². The number of urea groups is 1. The highest BCUT2D eigenvalue weighted by atomic mass is 32.2. The van der Waals surface area contributed by atoms with Gasteiger partial charge < -0.3 is 24.3 Å². The van der Waals surface area contributed by atoms with Crippen LogP contribution in [0.25, 0.3) is 0 Å². The average Bonchev–Trinajstić information content (AvgIpc) is 2.80. The summed E-state index contributed by atoms with van der Waals surface area (Å²) in [7, 11) is -1.52. The number of aryl methyl sites for hydroxylation is 1. The summed E-state index contributed by atoms with van der Waals surface area (Å²) in [6.07, 6.45) is 0. The van der Waals surface area contributed by atoms with Crippen molar-refractivity contribution in [3.8, 4) is 11.5 Å². The second kappa shape index (κ2) is 10.0. The number of anilines is 2. The number of rotatable bonds is 7. The molecule has 3 aromatic rings. The van der Waals surface area contributed by atoms with E-state index in [0.29, 0.717) is 17.0 Å². The van der Waals surface area contributed by atoms with Crippen LogP contribution >= 0.6 is 0 Å². The van der Waals surface area contributed by atoms with Crippen molar-refractivity contribution >= 4 is 33.5 Å². The number of ether oxygens (including phenoxy) is 2. The van der Waals surface area contributed by atoms with Crippen molar-refractivity contribution in [1.29, 1.82) is 0 Å². The van der Waals surface area contributed by atoms with Gasteiger partial charge >= 0.3 is 22.1 Å². The molecule has 0 aromatic heterocycles. The van der Waals surface area contributed by atoms with Gasteiger partial charge in [0.1, 0.15) is 16.2 Å². The third kappa shape index (κ3) is 5.80. The molecule has 2 N–H and O–H groups in total. The van der Waals surface area contributed by atoms with Crippen molar-refractivity contribution in [2.75, 3.05) is 24.9 Å². The number of methoxy groups -OCH3 is 2. The molecule has 0 aliphatic rings. The fourth-order valence-electron chi connectivity index (χ4n) is 2.92. The highest BCUT2D eigenvalue weighted by Gasteiger charge is 2.23. The van der Waals surface area contributed by atoms with Gasteiger partial charge in [-0.05, 0) is 61.0 Å². The Bertz CT molecular complexity index is 1270. The largest absolute Gasteiger partial charge is 0.497 e. The molecule has 0 saturated heterocycles. The number of esters is 1. The molecule has 0 aliphatic carbocycles. The van der Waals surface area contributed by atoms with E-state index in [0.717, 1.165) is 7.11 Å². The second-order valence-corrected chi connectivity index (χ2v) is 8.33. The quantitative estimate of drug-likeness (QED) is 0.392. The highest BCUT2D eigenvalue weighted by molar-refractivity contribution is 7.87. The van der Waals surface area contributed by atoms with Gasteiger partial charge in [0.2, 0.25) is 0 Å². The van der Waals surface area contributed by atoms with Gasteiger partial charge in [-0.1, -0.05) is 18.2 Å². The molecule has 0 bridgehead atoms. The van der Waals surface area contributed by atoms with Gasteiger partial charge in [0.15, 0.2) is 5.75 Å². The van der Waals surface area contributed by atoms with E-state index in [9.17, 15) is 18.0 Å². The van der Waals surface area contributed by atoms with Gasteiger partial charge in [-0.15, -0.1) is 0 Å². The molecule has 172 valence electrons. The minimum Gasteiger partial charge on any atom is -0.497 e. The summed E-state index contributed by atoms with van der Waals surface area (Å²) in [5.41, 5.74) is 1.07. The number of carbonyl (C=O) groups is 2. The molecule has 0 aliphatic heterocycles. The SMILES string of the molecule is COC(=O)c1cc(NC(=O)Nc2ccc(OC)cc2)ccc1OS(=O)(=O)c1ccccc1C. The maximum absolute atomic E-state index is 12.7. The molecule has 2 amide bonds. The van der Waals surface area contributed by atoms with Crippen LogP contribution in [0.4, 0.5) is 16.2 Å². The van der Waals surface area contributed by atoms with E-state index in [1.807, 2.05) is 0 Å². The summed E-state index contributed by atoms with van der Waals surface area (Å²) >= 11 is 0. The maximum Gasteiger partial charge on any atom is 0.341 e. The van der Waals surface area contributed by atoms with Crippen LogP contribution in [0.2, 0.25) is 0 Å². The van der Waals surface area contributed by atoms with Gasteiger partial charge in [-0.25, -0.2) is 9.59 Å². The minimum atomic E-state index is -4.21. The summed E-state index contributed by atoms with van der Waals surface area (Å²) < 4.78 is 40.5. The number of hydrogen-bond acceptors (Lipinski definition) is 7. The molecule has 0 saturated carbocycles. The van der Waals surface area contributed by atoms with Crippen LogP contribution in [0, 0.1) is 6.92 Å². The van der Waals surface area contributed by atoms with E-state index in [-0.39, 0.29) is 21.9 Å². The number of amides is 2. The van der Waals surface area contributed by atoms with E-state index >= 15 is 0 Å². The molecule has 9 nitrogen and oxygen atoms in total. The highest BCUT2D eigenvalue weighted by Crippen LogP contribution is 2.28. The number of carbonyl (C=O) groups excluding carboxylic acids is 2. The summed E-state index contributed by atoms with van der Waals surface area (Å²) in [4.78, 5) is 24.6. The molecular weight excluding hydrogens is 448 g/mol. The third-order valence-electron chi connectivity index (χ3n) is 4.55. The zero-order valence-electron chi connectivity index (χ0n) is 18.1. The van der Waals surface area contributed by atoms with Gasteiger partial charge in [-0.2, -0.15) is 8.42 Å². The Morgan fingerprint density at radius 2 is 1.48 bits per heavy atom. The van der Waals surface area contributed by atoms with E-state index in [1.165, 1.54) is 31.4 Å². The number of nitrogens with one attached hydrogen (secondary N) is 2. The topological polar surface area (TPSA) is 120 Å². The fourth-order valence-corrected chi connectivity index (χ4v) is 4.10. The Hall–Kier alpha value is -4.05. The predicted octanol–water partition coefficient (Wildman–Crippen LogP) is 4.20. The van der Waals surface area contributed by atoms with Crippen LogP contribution in [-0.4, -0.2) is 34.6 Å². The summed E-state index contributed by atoms with van der Waals surface area (Å²) in [6, 6.07) is 16.4. The molecule has 3 aromatic carbocycles. The Balaban J connectivity index is 1.82. The Kier molecular flexibility index (Phi) is 7.19. The molecule has 0 fully saturated rings. The predicted molar refractivity (Wildman–Crippen MR) is 122 cm³/mol. The lowest BCUT2D eigenvalue weighted by atomic mass is 10.2. The molecule has 33 heavy (non-hydrogen) atoms. The summed E-state index contributed by atoms with van der Waals surface area (Å²) in [6.45, 7) is 1.63. The first-order valence-electron chi connectivity index (χ1n) is 9.68. The smallest absolute Gasteiger partial charge is 0.341 e. The van der Waals surface area contributed by atoms with E-state index < -0.39 is 22.1 Å². The van der Waals surface area contributed by atoms with Gasteiger partial charge in [0.25, 0.3) is 0 Å². The first-order chi connectivity index (χ1) is 15.7. The monoisotopic (exact) mass is 470 g/mol. The van der Waals surface area contributed by atoms with Crippen molar-refractivity contribution in [3.05, 3.63) is 77.9 Å². The summed E-state index contributed by atoms with van der Waals surface area (Å²) in [5.74, 6) is -0.421. The molecule has 0 heterocycles. The molecule has 0 radical (unpaired) electrons. The van der Waals surface area contributed by atoms with Crippen LogP contribution in [-0.2, 0) is 14.9 Å². The van der Waals surface area contributed by atoms with Crippen LogP contribution in [0.3, 0.4) is 0 Å². The lowest BCUT2D eigenvalue weighted by Gasteiger charge is -2.14. The van der Waals surface area contributed by atoms with Crippen molar-refractivity contribution in [1.82, 2.24) is 0 Å². The number of hydrogen-bond donors (Lipinski definition) is 2. The van der Waals surface area contributed by atoms with Crippen molar-refractivity contribution in [3.63, 3.8) is 0 Å². The van der Waals surface area contributed by atoms with Gasteiger partial charge in [-0.3, -0.25) is 0 Å². The molecule has 3 rings (SSSR count). The van der Waals surface area contributed by atoms with E-state index in [4.69, 9.17) is 13.7 Å². The molecule has 0 spiro atoms. The molecule has 10 heteroatoms. The van der Waals surface area contributed by atoms with Crippen molar-refractivity contribution < 1.29 is 31.7 Å². The lowest BCUT2D eigenvalue weighted by Crippen LogP contribution is -2.20. The Labute approximate surface area is 191 Å². The second-order valence-electron chi connectivity index (χ2n) is 6.81. The van der Waals surface area contributed by atoms with Crippen molar-refractivity contribution in [2.45, 2.75) is 11.8 Å². The first kappa shape index (κ1) is 23.6. The molecule has 0 atom stereocenters. The normalized spacial score (nSPS) is 10.8. The van der Waals surface area contributed by atoms with Crippen molar-refractivity contribution in [2.24, 2.45) is 0 Å². The zero-order chi connectivity index (χ0) is 24.0. The van der Waals surface area contributed by atoms with Crippen LogP contribution < -0.4 is 19.6 Å².